The van der Waals surface area contributed by atoms with Gasteiger partial charge in [-0.25, -0.2) is 4.98 Å². The number of hydrogen-bond acceptors (Lipinski definition) is 2. The average Bonchev–Trinajstić information content (AvgIpc) is 3.10. The number of imidazole rings is 1. The first-order chi connectivity index (χ1) is 10.3. The highest BCUT2D eigenvalue weighted by Gasteiger charge is 2.05. The summed E-state index contributed by atoms with van der Waals surface area (Å²) in [5.74, 6) is 0. The monoisotopic (exact) mass is 282 g/mol. The van der Waals surface area contributed by atoms with Gasteiger partial charge >= 0.3 is 0 Å². The molecule has 110 valence electrons. The minimum Gasteiger partial charge on any atom is -0.361 e. The van der Waals surface area contributed by atoms with Crippen molar-refractivity contribution in [3.63, 3.8) is 0 Å². The summed E-state index contributed by atoms with van der Waals surface area (Å²) in [4.78, 5) is 7.56. The Morgan fingerprint density at radius 3 is 3.00 bits per heavy atom. The standard InChI is InChI=1S/C17H22N4/c1-13(2)21-12-19-11-15(21)10-18-8-7-14-9-20-17-6-4-3-5-16(14)17/h3-6,9,11-13,18,20H,7-8,10H2,1-2H3. The molecule has 2 aromatic heterocycles. The van der Waals surface area contributed by atoms with Gasteiger partial charge in [-0.15, -0.1) is 0 Å². The Morgan fingerprint density at radius 2 is 2.14 bits per heavy atom. The van der Waals surface area contributed by atoms with Crippen LogP contribution in [-0.4, -0.2) is 21.1 Å². The zero-order valence-corrected chi connectivity index (χ0v) is 12.6. The lowest BCUT2D eigenvalue weighted by atomic mass is 10.1. The second kappa shape index (κ2) is 6.14. The molecule has 0 saturated carbocycles. The fourth-order valence-electron chi connectivity index (χ4n) is 2.71. The Labute approximate surface area is 125 Å². The minimum atomic E-state index is 0.456. The second-order valence-corrected chi connectivity index (χ2v) is 5.67. The van der Waals surface area contributed by atoms with E-state index >= 15 is 0 Å². The van der Waals surface area contributed by atoms with Gasteiger partial charge in [-0.05, 0) is 38.4 Å². The van der Waals surface area contributed by atoms with Crippen molar-refractivity contribution in [1.82, 2.24) is 19.9 Å². The first-order valence-corrected chi connectivity index (χ1v) is 7.52. The molecule has 0 unspecified atom stereocenters. The number of H-pyrrole nitrogens is 1. The van der Waals surface area contributed by atoms with Gasteiger partial charge in [-0.3, -0.25) is 0 Å². The third-order valence-corrected chi connectivity index (χ3v) is 3.85. The van der Waals surface area contributed by atoms with Gasteiger partial charge in [0.2, 0.25) is 0 Å². The molecule has 3 aromatic rings. The summed E-state index contributed by atoms with van der Waals surface area (Å²) in [7, 11) is 0. The van der Waals surface area contributed by atoms with Gasteiger partial charge in [0.25, 0.3) is 0 Å². The number of hydrogen-bond donors (Lipinski definition) is 2. The van der Waals surface area contributed by atoms with Crippen LogP contribution in [0.25, 0.3) is 10.9 Å². The summed E-state index contributed by atoms with van der Waals surface area (Å²) in [5.41, 5.74) is 3.82. The molecule has 0 aliphatic heterocycles. The summed E-state index contributed by atoms with van der Waals surface area (Å²) >= 11 is 0. The average molecular weight is 282 g/mol. The third-order valence-electron chi connectivity index (χ3n) is 3.85. The molecule has 1 aromatic carbocycles. The molecule has 2 N–H and O–H groups in total. The Balaban J connectivity index is 1.56. The van der Waals surface area contributed by atoms with E-state index < -0.39 is 0 Å². The lowest BCUT2D eigenvalue weighted by Gasteiger charge is -2.12. The van der Waals surface area contributed by atoms with E-state index in [0.29, 0.717) is 6.04 Å². The number of rotatable bonds is 6. The maximum Gasteiger partial charge on any atom is 0.0951 e. The predicted molar refractivity (Wildman–Crippen MR) is 86.3 cm³/mol. The largest absolute Gasteiger partial charge is 0.361 e. The van der Waals surface area contributed by atoms with Crippen molar-refractivity contribution in [2.24, 2.45) is 0 Å². The van der Waals surface area contributed by atoms with Crippen LogP contribution in [0, 0.1) is 0 Å². The lowest BCUT2D eigenvalue weighted by molar-refractivity contribution is 0.551. The summed E-state index contributed by atoms with van der Waals surface area (Å²) < 4.78 is 2.21. The van der Waals surface area contributed by atoms with Gasteiger partial charge in [-0.1, -0.05) is 18.2 Å². The quantitative estimate of drug-likeness (QED) is 0.682. The van der Waals surface area contributed by atoms with E-state index in [2.05, 4.69) is 64.2 Å². The van der Waals surface area contributed by atoms with E-state index in [1.807, 2.05) is 12.5 Å². The minimum absolute atomic E-state index is 0.456. The normalized spacial score (nSPS) is 11.6. The molecular formula is C17H22N4. The van der Waals surface area contributed by atoms with Crippen molar-refractivity contribution >= 4 is 10.9 Å². The van der Waals surface area contributed by atoms with Crippen LogP contribution in [-0.2, 0) is 13.0 Å². The van der Waals surface area contributed by atoms with Crippen LogP contribution < -0.4 is 5.32 Å². The van der Waals surface area contributed by atoms with E-state index in [1.54, 1.807) is 0 Å². The fraction of sp³-hybridized carbons (Fsp3) is 0.353. The molecule has 4 heteroatoms. The maximum atomic E-state index is 4.23. The van der Waals surface area contributed by atoms with Crippen molar-refractivity contribution < 1.29 is 0 Å². The first-order valence-electron chi connectivity index (χ1n) is 7.52. The van der Waals surface area contributed by atoms with Crippen LogP contribution in [0.4, 0.5) is 0 Å². The molecule has 4 nitrogen and oxygen atoms in total. The van der Waals surface area contributed by atoms with E-state index in [4.69, 9.17) is 0 Å². The Hall–Kier alpha value is -2.07. The number of aromatic amines is 1. The topological polar surface area (TPSA) is 45.6 Å². The second-order valence-electron chi connectivity index (χ2n) is 5.67. The van der Waals surface area contributed by atoms with Crippen molar-refractivity contribution in [2.45, 2.75) is 32.9 Å². The molecule has 3 rings (SSSR count). The van der Waals surface area contributed by atoms with Crippen LogP contribution in [0.2, 0.25) is 0 Å². The molecule has 0 atom stereocenters. The highest BCUT2D eigenvalue weighted by molar-refractivity contribution is 5.83. The number of nitrogens with one attached hydrogen (secondary N) is 2. The highest BCUT2D eigenvalue weighted by Crippen LogP contribution is 2.17. The number of nitrogens with zero attached hydrogens (tertiary/aromatic N) is 2. The lowest BCUT2D eigenvalue weighted by Crippen LogP contribution is -2.19. The smallest absolute Gasteiger partial charge is 0.0951 e. The van der Waals surface area contributed by atoms with Gasteiger partial charge in [0.1, 0.15) is 0 Å². The molecule has 21 heavy (non-hydrogen) atoms. The molecule has 0 saturated heterocycles. The van der Waals surface area contributed by atoms with Crippen LogP contribution in [0.1, 0.15) is 31.1 Å². The summed E-state index contributed by atoms with van der Waals surface area (Å²) in [6.07, 6.45) is 6.99. The van der Waals surface area contributed by atoms with E-state index in [-0.39, 0.29) is 0 Å². The molecule has 2 heterocycles. The summed E-state index contributed by atoms with van der Waals surface area (Å²) in [6, 6.07) is 8.91. The molecule has 0 amide bonds. The van der Waals surface area contributed by atoms with Crippen LogP contribution >= 0.6 is 0 Å². The van der Waals surface area contributed by atoms with Crippen molar-refractivity contribution in [3.8, 4) is 0 Å². The summed E-state index contributed by atoms with van der Waals surface area (Å²) in [6.45, 7) is 6.18. The van der Waals surface area contributed by atoms with Crippen LogP contribution in [0.15, 0.2) is 43.0 Å². The summed E-state index contributed by atoms with van der Waals surface area (Å²) in [5, 5.41) is 4.84. The Morgan fingerprint density at radius 1 is 1.29 bits per heavy atom. The van der Waals surface area contributed by atoms with Gasteiger partial charge in [0.15, 0.2) is 0 Å². The molecule has 0 fully saturated rings. The molecule has 0 radical (unpaired) electrons. The Kier molecular flexibility index (Phi) is 4.06. The number of aromatic nitrogens is 3. The van der Waals surface area contributed by atoms with Crippen molar-refractivity contribution in [2.75, 3.05) is 6.54 Å². The van der Waals surface area contributed by atoms with E-state index in [0.717, 1.165) is 19.5 Å². The molecule has 0 aliphatic carbocycles. The highest BCUT2D eigenvalue weighted by atomic mass is 15.1. The van der Waals surface area contributed by atoms with Gasteiger partial charge in [-0.2, -0.15) is 0 Å². The third kappa shape index (κ3) is 3.00. The maximum absolute atomic E-state index is 4.23. The predicted octanol–water partition coefficient (Wildman–Crippen LogP) is 3.28. The molecule has 0 bridgehead atoms. The Bertz CT molecular complexity index is 708. The van der Waals surface area contributed by atoms with Crippen molar-refractivity contribution in [3.05, 3.63) is 54.2 Å². The van der Waals surface area contributed by atoms with Crippen LogP contribution in [0.5, 0.6) is 0 Å². The zero-order chi connectivity index (χ0) is 14.7. The van der Waals surface area contributed by atoms with Crippen LogP contribution in [0.3, 0.4) is 0 Å². The zero-order valence-electron chi connectivity index (χ0n) is 12.6. The SMILES string of the molecule is CC(C)n1cncc1CNCCc1c[nH]c2ccccc12. The first kappa shape index (κ1) is 13.9. The van der Waals surface area contributed by atoms with Gasteiger partial charge < -0.3 is 14.9 Å². The van der Waals surface area contributed by atoms with Crippen molar-refractivity contribution in [1.29, 1.82) is 0 Å². The van der Waals surface area contributed by atoms with Gasteiger partial charge in [0.05, 0.1) is 12.0 Å². The van der Waals surface area contributed by atoms with E-state index in [1.165, 1.54) is 22.2 Å². The molecular weight excluding hydrogens is 260 g/mol. The molecule has 0 aliphatic rings. The van der Waals surface area contributed by atoms with Gasteiger partial charge in [0, 0.05) is 35.9 Å². The molecule has 0 spiro atoms. The fourth-order valence-corrected chi connectivity index (χ4v) is 2.71. The van der Waals surface area contributed by atoms with E-state index in [9.17, 15) is 0 Å². The number of benzene rings is 1. The number of fused-ring (bicyclic) bond motifs is 1. The number of para-hydroxylation sites is 1.